The van der Waals surface area contributed by atoms with Crippen LogP contribution in [0.25, 0.3) is 0 Å². The second-order valence-corrected chi connectivity index (χ2v) is 6.56. The highest BCUT2D eigenvalue weighted by Crippen LogP contribution is 2.29. The maximum atomic E-state index is 12.0. The molecule has 1 aliphatic rings. The van der Waals surface area contributed by atoms with Crippen molar-refractivity contribution in [3.05, 3.63) is 52.5 Å². The maximum absolute atomic E-state index is 12.0. The lowest BCUT2D eigenvalue weighted by molar-refractivity contribution is -0.136. The van der Waals surface area contributed by atoms with Gasteiger partial charge in [0.15, 0.2) is 0 Å². The number of nitrogens with zero attached hydrogens (tertiary/aromatic N) is 2. The number of ether oxygens (including phenoxy) is 4. The Bertz CT molecular complexity index is 915. The number of amides is 1. The number of benzene rings is 2. The molecule has 0 N–H and O–H groups in total. The van der Waals surface area contributed by atoms with Crippen molar-refractivity contribution in [1.29, 1.82) is 0 Å². The molecule has 0 saturated carbocycles. The van der Waals surface area contributed by atoms with E-state index in [0.717, 1.165) is 5.56 Å². The van der Waals surface area contributed by atoms with Crippen LogP contribution in [0.3, 0.4) is 0 Å². The highest BCUT2D eigenvalue weighted by Gasteiger charge is 2.33. The van der Waals surface area contributed by atoms with Gasteiger partial charge in [0.25, 0.3) is 0 Å². The molecule has 0 radical (unpaired) electrons. The zero-order valence-corrected chi connectivity index (χ0v) is 16.8. The fraction of sp³-hybridized carbons (Fsp3) is 0.300. The van der Waals surface area contributed by atoms with E-state index in [9.17, 15) is 4.79 Å². The van der Waals surface area contributed by atoms with Crippen molar-refractivity contribution in [2.24, 2.45) is 5.10 Å². The molecule has 148 valence electrons. The summed E-state index contributed by atoms with van der Waals surface area (Å²) in [6, 6.07) is 10.6. The molecule has 0 bridgehead atoms. The quantitative estimate of drug-likeness (QED) is 0.735. The number of aryl methyl sites for hydroxylation is 1. The Morgan fingerprint density at radius 1 is 1.18 bits per heavy atom. The van der Waals surface area contributed by atoms with E-state index < -0.39 is 6.23 Å². The van der Waals surface area contributed by atoms with Gasteiger partial charge >= 0.3 is 0 Å². The molecular weight excluding hydrogens is 384 g/mol. The molecule has 7 nitrogen and oxygen atoms in total. The fourth-order valence-corrected chi connectivity index (χ4v) is 3.00. The Kier molecular flexibility index (Phi) is 5.94. The van der Waals surface area contributed by atoms with Gasteiger partial charge in [0.05, 0.1) is 19.8 Å². The standard InChI is InChI=1S/C20H21ClN2O5/c1-12-9-14(21)5-7-17(12)27-11-19-23(13(2)24)22-20(28-19)16-10-15(25-3)6-8-18(16)26-4/h5-10,19H,11H2,1-4H3/t19-/m1/s1. The molecule has 0 spiro atoms. The number of hydrogen-bond donors (Lipinski definition) is 0. The predicted octanol–water partition coefficient (Wildman–Crippen LogP) is 3.61. The minimum Gasteiger partial charge on any atom is -0.497 e. The van der Waals surface area contributed by atoms with Crippen LogP contribution in [0.1, 0.15) is 18.1 Å². The molecule has 1 aliphatic heterocycles. The van der Waals surface area contributed by atoms with Gasteiger partial charge in [-0.3, -0.25) is 4.79 Å². The third kappa shape index (κ3) is 4.14. The molecule has 2 aromatic rings. The second-order valence-electron chi connectivity index (χ2n) is 6.13. The first kappa shape index (κ1) is 19.8. The molecule has 0 saturated heterocycles. The molecular formula is C20H21ClN2O5. The third-order valence-electron chi connectivity index (χ3n) is 4.20. The van der Waals surface area contributed by atoms with Gasteiger partial charge in [0, 0.05) is 11.9 Å². The lowest BCUT2D eigenvalue weighted by Gasteiger charge is -2.20. The Labute approximate surface area is 168 Å². The maximum Gasteiger partial charge on any atom is 0.244 e. The van der Waals surface area contributed by atoms with Crippen molar-refractivity contribution in [3.63, 3.8) is 0 Å². The van der Waals surface area contributed by atoms with Crippen LogP contribution in [-0.4, -0.2) is 43.9 Å². The van der Waals surface area contributed by atoms with Crippen molar-refractivity contribution in [1.82, 2.24) is 5.01 Å². The highest BCUT2D eigenvalue weighted by molar-refractivity contribution is 6.30. The summed E-state index contributed by atoms with van der Waals surface area (Å²) >= 11 is 5.98. The molecule has 1 amide bonds. The summed E-state index contributed by atoms with van der Waals surface area (Å²) < 4.78 is 22.4. The summed E-state index contributed by atoms with van der Waals surface area (Å²) in [5, 5.41) is 6.19. The van der Waals surface area contributed by atoms with Crippen LogP contribution in [0.5, 0.6) is 17.2 Å². The highest BCUT2D eigenvalue weighted by atomic mass is 35.5. The number of hydrazone groups is 1. The Balaban J connectivity index is 1.81. The average molecular weight is 405 g/mol. The van der Waals surface area contributed by atoms with Gasteiger partial charge in [-0.25, -0.2) is 0 Å². The van der Waals surface area contributed by atoms with Crippen molar-refractivity contribution in [2.45, 2.75) is 20.1 Å². The number of carbonyl (C=O) groups is 1. The van der Waals surface area contributed by atoms with Crippen LogP contribution in [0, 0.1) is 6.92 Å². The van der Waals surface area contributed by atoms with Gasteiger partial charge < -0.3 is 18.9 Å². The molecule has 3 rings (SSSR count). The minimum absolute atomic E-state index is 0.0985. The summed E-state index contributed by atoms with van der Waals surface area (Å²) in [5.74, 6) is 1.82. The van der Waals surface area contributed by atoms with Crippen LogP contribution >= 0.6 is 11.6 Å². The van der Waals surface area contributed by atoms with E-state index in [1.165, 1.54) is 11.9 Å². The summed E-state index contributed by atoms with van der Waals surface area (Å²) in [7, 11) is 3.11. The largest absolute Gasteiger partial charge is 0.497 e. The molecule has 8 heteroatoms. The number of hydrogen-bond acceptors (Lipinski definition) is 6. The van der Waals surface area contributed by atoms with Crippen LogP contribution in [0.15, 0.2) is 41.5 Å². The average Bonchev–Trinajstić information content (AvgIpc) is 3.11. The minimum atomic E-state index is -0.710. The van der Waals surface area contributed by atoms with E-state index in [0.29, 0.717) is 27.8 Å². The van der Waals surface area contributed by atoms with E-state index in [1.54, 1.807) is 50.6 Å². The summed E-state index contributed by atoms with van der Waals surface area (Å²) in [5.41, 5.74) is 1.47. The van der Waals surface area contributed by atoms with Crippen molar-refractivity contribution in [3.8, 4) is 17.2 Å². The van der Waals surface area contributed by atoms with Gasteiger partial charge in [-0.2, -0.15) is 5.01 Å². The molecule has 0 aliphatic carbocycles. The molecule has 0 aromatic heterocycles. The lowest BCUT2D eigenvalue weighted by Crippen LogP contribution is -2.36. The first-order valence-corrected chi connectivity index (χ1v) is 8.97. The SMILES string of the molecule is COc1ccc(OC)c(C2=NN(C(C)=O)[C@@H](COc3ccc(Cl)cc3C)O2)c1. The first-order chi connectivity index (χ1) is 13.4. The van der Waals surface area contributed by atoms with Crippen LogP contribution in [-0.2, 0) is 9.53 Å². The lowest BCUT2D eigenvalue weighted by atomic mass is 10.2. The van der Waals surface area contributed by atoms with Gasteiger partial charge in [0.2, 0.25) is 18.0 Å². The number of rotatable bonds is 6. The Morgan fingerprint density at radius 2 is 1.93 bits per heavy atom. The van der Waals surface area contributed by atoms with Crippen LogP contribution < -0.4 is 14.2 Å². The molecule has 0 fully saturated rings. The van der Waals surface area contributed by atoms with E-state index >= 15 is 0 Å². The monoisotopic (exact) mass is 404 g/mol. The molecule has 2 aromatic carbocycles. The molecule has 0 unspecified atom stereocenters. The number of carbonyl (C=O) groups excluding carboxylic acids is 1. The van der Waals surface area contributed by atoms with Crippen molar-refractivity contribution in [2.75, 3.05) is 20.8 Å². The Morgan fingerprint density at radius 3 is 2.57 bits per heavy atom. The first-order valence-electron chi connectivity index (χ1n) is 8.59. The van der Waals surface area contributed by atoms with E-state index in [2.05, 4.69) is 5.10 Å². The smallest absolute Gasteiger partial charge is 0.244 e. The molecule has 1 atom stereocenters. The van der Waals surface area contributed by atoms with E-state index in [4.69, 9.17) is 30.5 Å². The van der Waals surface area contributed by atoms with Gasteiger partial charge in [-0.1, -0.05) is 11.6 Å². The van der Waals surface area contributed by atoms with E-state index in [1.807, 2.05) is 6.92 Å². The molecule has 1 heterocycles. The van der Waals surface area contributed by atoms with Gasteiger partial charge in [0.1, 0.15) is 23.9 Å². The van der Waals surface area contributed by atoms with Crippen molar-refractivity contribution >= 4 is 23.4 Å². The van der Waals surface area contributed by atoms with Crippen LogP contribution in [0.2, 0.25) is 5.02 Å². The summed E-state index contributed by atoms with van der Waals surface area (Å²) in [6.07, 6.45) is -0.710. The summed E-state index contributed by atoms with van der Waals surface area (Å²) in [4.78, 5) is 12.0. The van der Waals surface area contributed by atoms with E-state index in [-0.39, 0.29) is 18.4 Å². The van der Waals surface area contributed by atoms with Gasteiger partial charge in [-0.15, -0.1) is 5.10 Å². The number of halogens is 1. The van der Waals surface area contributed by atoms with Gasteiger partial charge in [-0.05, 0) is 48.9 Å². The topological polar surface area (TPSA) is 69.6 Å². The fourth-order valence-electron chi connectivity index (χ4n) is 2.78. The number of methoxy groups -OCH3 is 2. The second kappa shape index (κ2) is 8.39. The predicted molar refractivity (Wildman–Crippen MR) is 105 cm³/mol. The Hall–Kier alpha value is -2.93. The zero-order valence-electron chi connectivity index (χ0n) is 16.1. The van der Waals surface area contributed by atoms with Crippen LogP contribution in [0.4, 0.5) is 0 Å². The third-order valence-corrected chi connectivity index (χ3v) is 4.43. The normalized spacial score (nSPS) is 15.7. The summed E-state index contributed by atoms with van der Waals surface area (Å²) in [6.45, 7) is 3.41. The van der Waals surface area contributed by atoms with Crippen molar-refractivity contribution < 1.29 is 23.7 Å². The zero-order chi connectivity index (χ0) is 20.3. The molecule has 28 heavy (non-hydrogen) atoms.